The van der Waals surface area contributed by atoms with Crippen LogP contribution in [0.2, 0.25) is 0 Å². The van der Waals surface area contributed by atoms with E-state index in [0.29, 0.717) is 6.54 Å². The number of nitrogens with zero attached hydrogens (tertiary/aromatic N) is 3. The summed E-state index contributed by atoms with van der Waals surface area (Å²) in [7, 11) is 0. The first-order valence-electron chi connectivity index (χ1n) is 8.83. The Kier molecular flexibility index (Phi) is 4.81. The van der Waals surface area contributed by atoms with Crippen LogP contribution in [0.1, 0.15) is 24.1 Å². The Labute approximate surface area is 151 Å². The van der Waals surface area contributed by atoms with Crippen LogP contribution in [0.3, 0.4) is 0 Å². The third kappa shape index (κ3) is 3.75. The van der Waals surface area contributed by atoms with Crippen molar-refractivity contribution < 1.29 is 9.18 Å². The number of hydrogen-bond donors (Lipinski definition) is 0. The molecule has 0 aliphatic carbocycles. The number of piperidine rings is 1. The molecule has 3 fully saturated rings. The molecular weight excluding hydrogens is 337 g/mol. The van der Waals surface area contributed by atoms with E-state index < -0.39 is 0 Å². The first-order valence-corrected chi connectivity index (χ1v) is 9.77. The van der Waals surface area contributed by atoms with Gasteiger partial charge < -0.3 is 9.80 Å². The molecule has 25 heavy (non-hydrogen) atoms. The molecule has 6 heteroatoms. The lowest BCUT2D eigenvalue weighted by molar-refractivity contribution is -0.140. The number of aromatic nitrogens is 1. The summed E-state index contributed by atoms with van der Waals surface area (Å²) in [6.07, 6.45) is 2.86. The van der Waals surface area contributed by atoms with Crippen LogP contribution in [0.15, 0.2) is 35.2 Å². The quantitative estimate of drug-likeness (QED) is 0.824. The molecule has 0 spiro atoms. The maximum absolute atomic E-state index is 13.3. The average Bonchev–Trinajstić information content (AvgIpc) is 2.98. The van der Waals surface area contributed by atoms with Gasteiger partial charge in [-0.2, -0.15) is 0 Å². The molecule has 0 N–H and O–H groups in total. The molecule has 1 aromatic carbocycles. The molecule has 5 rings (SSSR count). The molecule has 0 radical (unpaired) electrons. The van der Waals surface area contributed by atoms with Gasteiger partial charge >= 0.3 is 0 Å². The van der Waals surface area contributed by atoms with E-state index in [1.807, 2.05) is 21.9 Å². The second-order valence-electron chi connectivity index (χ2n) is 7.01. The van der Waals surface area contributed by atoms with Gasteiger partial charge in [0.15, 0.2) is 0 Å². The molecule has 1 amide bonds. The summed E-state index contributed by atoms with van der Waals surface area (Å²) >= 11 is 1.57. The first kappa shape index (κ1) is 16.7. The summed E-state index contributed by atoms with van der Waals surface area (Å²) in [5.74, 6) is 0.181. The van der Waals surface area contributed by atoms with E-state index in [1.54, 1.807) is 23.5 Å². The lowest BCUT2D eigenvalue weighted by Gasteiger charge is -2.35. The zero-order chi connectivity index (χ0) is 17.2. The van der Waals surface area contributed by atoms with Crippen LogP contribution in [0.4, 0.5) is 4.39 Å². The molecule has 0 unspecified atom stereocenters. The van der Waals surface area contributed by atoms with Gasteiger partial charge in [-0.05, 0) is 37.0 Å². The topological polar surface area (TPSA) is 36.4 Å². The molecule has 3 aliphatic rings. The number of benzene rings is 1. The molecule has 4 nitrogen and oxygen atoms in total. The van der Waals surface area contributed by atoms with E-state index in [1.165, 1.54) is 6.07 Å². The molecule has 0 saturated carbocycles. The average molecular weight is 359 g/mol. The van der Waals surface area contributed by atoms with Gasteiger partial charge in [-0.15, -0.1) is 11.3 Å². The van der Waals surface area contributed by atoms with Crippen LogP contribution in [0.25, 0.3) is 0 Å². The predicted molar refractivity (Wildman–Crippen MR) is 95.7 cm³/mol. The number of carbonyl (C=O) groups excluding carboxylic acids is 1. The van der Waals surface area contributed by atoms with E-state index >= 15 is 0 Å². The highest BCUT2D eigenvalue weighted by atomic mass is 32.1. The van der Waals surface area contributed by atoms with Crippen LogP contribution in [0.5, 0.6) is 0 Å². The lowest BCUT2D eigenvalue weighted by atomic mass is 9.94. The summed E-state index contributed by atoms with van der Waals surface area (Å²) in [5, 5.41) is 2.02. The van der Waals surface area contributed by atoms with Crippen LogP contribution in [-0.2, 0) is 17.8 Å². The molecule has 132 valence electrons. The largest absolute Gasteiger partial charge is 0.332 e. The molecule has 4 heterocycles. The molecule has 2 bridgehead atoms. The van der Waals surface area contributed by atoms with E-state index in [9.17, 15) is 9.18 Å². The van der Waals surface area contributed by atoms with E-state index in [-0.39, 0.29) is 23.7 Å². The second-order valence-corrected chi connectivity index (χ2v) is 7.73. The number of fused-ring (bicyclic) bond motifs is 4. The highest BCUT2D eigenvalue weighted by Gasteiger charge is 2.40. The standard InChI is InChI=1S/C19H22FN3OS/c20-16-3-1-2-14(8-16)6-7-22-9-15-4-5-18(11-22)23(19(15)24)10-17-12-25-13-21-17/h1-3,8,12-13,15,18H,4-7,9-11H2/t15-,18+/m0/s1. The van der Waals surface area contributed by atoms with Gasteiger partial charge in [-0.25, -0.2) is 9.37 Å². The third-order valence-electron chi connectivity index (χ3n) is 5.29. The van der Waals surface area contributed by atoms with Crippen molar-refractivity contribution in [2.45, 2.75) is 31.8 Å². The Balaban J connectivity index is 1.42. The Morgan fingerprint density at radius 2 is 2.20 bits per heavy atom. The molecule has 3 aliphatic heterocycles. The summed E-state index contributed by atoms with van der Waals surface area (Å²) in [5.41, 5.74) is 3.82. The van der Waals surface area contributed by atoms with Crippen molar-refractivity contribution in [1.29, 1.82) is 0 Å². The lowest BCUT2D eigenvalue weighted by Crippen LogP contribution is -2.47. The normalized spacial score (nSPS) is 23.9. The summed E-state index contributed by atoms with van der Waals surface area (Å²) in [4.78, 5) is 21.6. The fourth-order valence-corrected chi connectivity index (χ4v) is 4.54. The van der Waals surface area contributed by atoms with Crippen molar-refractivity contribution in [1.82, 2.24) is 14.8 Å². The van der Waals surface area contributed by atoms with Crippen LogP contribution in [0, 0.1) is 11.7 Å². The molecule has 1 aromatic heterocycles. The minimum absolute atomic E-state index is 0.0879. The fourth-order valence-electron chi connectivity index (χ4n) is 3.99. The number of thiazole rings is 1. The Bertz CT molecular complexity index is 736. The van der Waals surface area contributed by atoms with Crippen LogP contribution >= 0.6 is 11.3 Å². The van der Waals surface area contributed by atoms with Gasteiger partial charge in [0.1, 0.15) is 5.82 Å². The maximum atomic E-state index is 13.3. The minimum Gasteiger partial charge on any atom is -0.332 e. The molecule has 2 aromatic rings. The predicted octanol–water partition coefficient (Wildman–Crippen LogP) is 2.95. The van der Waals surface area contributed by atoms with E-state index in [4.69, 9.17) is 0 Å². The number of hydrogen-bond acceptors (Lipinski definition) is 4. The molecule has 2 atom stereocenters. The smallest absolute Gasteiger partial charge is 0.227 e. The number of amides is 1. The first-order chi connectivity index (χ1) is 12.2. The molecular formula is C19H22FN3OS. The highest BCUT2D eigenvalue weighted by molar-refractivity contribution is 7.07. The van der Waals surface area contributed by atoms with Crippen molar-refractivity contribution in [3.8, 4) is 0 Å². The maximum Gasteiger partial charge on any atom is 0.227 e. The van der Waals surface area contributed by atoms with Crippen LogP contribution in [-0.4, -0.2) is 46.4 Å². The minimum atomic E-state index is -0.182. The summed E-state index contributed by atoms with van der Waals surface area (Å²) < 4.78 is 13.3. The molecule has 3 saturated heterocycles. The third-order valence-corrected chi connectivity index (χ3v) is 5.93. The zero-order valence-corrected chi connectivity index (χ0v) is 14.9. The number of rotatable bonds is 5. The van der Waals surface area contributed by atoms with Gasteiger partial charge in [-0.3, -0.25) is 4.79 Å². The van der Waals surface area contributed by atoms with Gasteiger partial charge in [-0.1, -0.05) is 12.1 Å². The fraction of sp³-hybridized carbons (Fsp3) is 0.474. The van der Waals surface area contributed by atoms with Crippen molar-refractivity contribution in [2.24, 2.45) is 5.92 Å². The van der Waals surface area contributed by atoms with E-state index in [0.717, 1.165) is 50.2 Å². The Morgan fingerprint density at radius 3 is 3.00 bits per heavy atom. The SMILES string of the molecule is O=C1[C@H]2CC[C@H](CN(CCc3cccc(F)c3)C2)N1Cc1cscn1. The monoisotopic (exact) mass is 359 g/mol. The van der Waals surface area contributed by atoms with Gasteiger partial charge in [0, 0.05) is 31.1 Å². The Morgan fingerprint density at radius 1 is 1.28 bits per heavy atom. The van der Waals surface area contributed by atoms with Crippen LogP contribution < -0.4 is 0 Å². The van der Waals surface area contributed by atoms with Crippen molar-refractivity contribution in [3.05, 3.63) is 52.2 Å². The van der Waals surface area contributed by atoms with Gasteiger partial charge in [0.2, 0.25) is 5.91 Å². The van der Waals surface area contributed by atoms with Crippen molar-refractivity contribution in [3.63, 3.8) is 0 Å². The summed E-state index contributed by atoms with van der Waals surface area (Å²) in [6.45, 7) is 3.22. The number of halogens is 1. The van der Waals surface area contributed by atoms with Crippen molar-refractivity contribution in [2.75, 3.05) is 19.6 Å². The van der Waals surface area contributed by atoms with E-state index in [2.05, 4.69) is 9.88 Å². The van der Waals surface area contributed by atoms with Crippen molar-refractivity contribution >= 4 is 17.2 Å². The second kappa shape index (κ2) is 7.22. The zero-order valence-electron chi connectivity index (χ0n) is 14.1. The van der Waals surface area contributed by atoms with Gasteiger partial charge in [0.25, 0.3) is 0 Å². The number of carbonyl (C=O) groups is 1. The summed E-state index contributed by atoms with van der Waals surface area (Å²) in [6, 6.07) is 7.07. The highest BCUT2D eigenvalue weighted by Crippen LogP contribution is 2.30. The van der Waals surface area contributed by atoms with Gasteiger partial charge in [0.05, 0.1) is 23.7 Å². The Hall–Kier alpha value is -1.79.